The van der Waals surface area contributed by atoms with Gasteiger partial charge in [0.05, 0.1) is 29.0 Å². The molecule has 3 aromatic carbocycles. The molecule has 0 radical (unpaired) electrons. The summed E-state index contributed by atoms with van der Waals surface area (Å²) in [5, 5.41) is 7.66. The molecule has 8 heteroatoms. The summed E-state index contributed by atoms with van der Waals surface area (Å²) in [7, 11) is 1.50. The molecule has 0 aliphatic rings. The minimum absolute atomic E-state index is 0.274. The van der Waals surface area contributed by atoms with Crippen molar-refractivity contribution in [2.24, 2.45) is 5.10 Å². The Labute approximate surface area is 189 Å². The Morgan fingerprint density at radius 1 is 0.903 bits per heavy atom. The van der Waals surface area contributed by atoms with E-state index >= 15 is 0 Å². The molecule has 31 heavy (non-hydrogen) atoms. The number of halogens is 2. The number of rotatable bonds is 6. The molecular weight excluding hydrogens is 437 g/mol. The van der Waals surface area contributed by atoms with E-state index in [2.05, 4.69) is 15.8 Å². The van der Waals surface area contributed by atoms with Gasteiger partial charge >= 0.3 is 0 Å². The minimum atomic E-state index is -0.375. The number of carbonyl (C=O) groups excluding carboxylic acids is 2. The number of carbonyl (C=O) groups is 2. The third-order valence-electron chi connectivity index (χ3n) is 4.41. The Bertz CT molecular complexity index is 1150. The number of ether oxygens (including phenoxy) is 1. The number of hydrogen-bond acceptors (Lipinski definition) is 4. The van der Waals surface area contributed by atoms with Gasteiger partial charge < -0.3 is 10.1 Å². The average molecular weight is 456 g/mol. The molecular formula is C23H19Cl2N3O3. The molecule has 0 aliphatic heterocycles. The maximum absolute atomic E-state index is 12.4. The molecule has 0 bridgehead atoms. The molecule has 2 N–H and O–H groups in total. The van der Waals surface area contributed by atoms with Crippen LogP contribution in [0.1, 0.15) is 33.2 Å². The van der Waals surface area contributed by atoms with Gasteiger partial charge in [-0.15, -0.1) is 0 Å². The van der Waals surface area contributed by atoms with E-state index in [1.165, 1.54) is 13.2 Å². The maximum atomic E-state index is 12.4. The summed E-state index contributed by atoms with van der Waals surface area (Å²) < 4.78 is 5.19. The zero-order chi connectivity index (χ0) is 22.4. The molecule has 158 valence electrons. The van der Waals surface area contributed by atoms with Gasteiger partial charge in [0.2, 0.25) is 0 Å². The predicted molar refractivity (Wildman–Crippen MR) is 124 cm³/mol. The van der Waals surface area contributed by atoms with Crippen LogP contribution < -0.4 is 15.5 Å². The van der Waals surface area contributed by atoms with Crippen molar-refractivity contribution in [3.63, 3.8) is 0 Å². The van der Waals surface area contributed by atoms with Crippen LogP contribution in [0.25, 0.3) is 0 Å². The zero-order valence-corrected chi connectivity index (χ0v) is 18.3. The van der Waals surface area contributed by atoms with E-state index in [1.54, 1.807) is 67.6 Å². The highest BCUT2D eigenvalue weighted by atomic mass is 35.5. The quantitative estimate of drug-likeness (QED) is 0.385. The highest BCUT2D eigenvalue weighted by Gasteiger charge is 2.12. The number of hydrogen-bond donors (Lipinski definition) is 2. The zero-order valence-electron chi connectivity index (χ0n) is 16.8. The van der Waals surface area contributed by atoms with Crippen LogP contribution in [-0.2, 0) is 0 Å². The lowest BCUT2D eigenvalue weighted by Gasteiger charge is -2.09. The van der Waals surface area contributed by atoms with Crippen LogP contribution in [0.4, 0.5) is 5.69 Å². The van der Waals surface area contributed by atoms with Gasteiger partial charge in [0, 0.05) is 10.7 Å². The fourth-order valence-electron chi connectivity index (χ4n) is 2.76. The van der Waals surface area contributed by atoms with Crippen LogP contribution in [0.5, 0.6) is 5.75 Å². The lowest BCUT2D eigenvalue weighted by atomic mass is 10.1. The lowest BCUT2D eigenvalue weighted by Crippen LogP contribution is -2.20. The summed E-state index contributed by atoms with van der Waals surface area (Å²) in [5.74, 6) is -0.252. The smallest absolute Gasteiger partial charge is 0.275 e. The SMILES string of the molecule is COc1ccccc1C(=O)N/N=C(\C)c1ccc(NC(=O)c2ccc(Cl)cc2Cl)cc1. The van der Waals surface area contributed by atoms with Crippen molar-refractivity contribution in [2.75, 3.05) is 12.4 Å². The van der Waals surface area contributed by atoms with E-state index < -0.39 is 0 Å². The second-order valence-electron chi connectivity index (χ2n) is 6.49. The molecule has 0 saturated carbocycles. The summed E-state index contributed by atoms with van der Waals surface area (Å²) in [5.41, 5.74) is 5.21. The Kier molecular flexibility index (Phi) is 7.28. The molecule has 6 nitrogen and oxygen atoms in total. The predicted octanol–water partition coefficient (Wildman–Crippen LogP) is 5.41. The summed E-state index contributed by atoms with van der Waals surface area (Å²) in [6.45, 7) is 1.77. The fraction of sp³-hybridized carbons (Fsp3) is 0.0870. The molecule has 3 rings (SSSR count). The van der Waals surface area contributed by atoms with Gasteiger partial charge in [-0.1, -0.05) is 47.5 Å². The average Bonchev–Trinajstić information content (AvgIpc) is 2.77. The monoisotopic (exact) mass is 455 g/mol. The lowest BCUT2D eigenvalue weighted by molar-refractivity contribution is 0.0951. The van der Waals surface area contributed by atoms with Crippen LogP contribution in [0.2, 0.25) is 10.0 Å². The first-order valence-electron chi connectivity index (χ1n) is 9.23. The second kappa shape index (κ2) is 10.1. The molecule has 0 aliphatic carbocycles. The molecule has 0 saturated heterocycles. The van der Waals surface area contributed by atoms with E-state index in [4.69, 9.17) is 27.9 Å². The number of benzene rings is 3. The number of hydrazone groups is 1. The largest absolute Gasteiger partial charge is 0.496 e. The Morgan fingerprint density at radius 2 is 1.61 bits per heavy atom. The molecule has 0 aromatic heterocycles. The number of nitrogens with one attached hydrogen (secondary N) is 2. The normalized spacial score (nSPS) is 11.0. The van der Waals surface area contributed by atoms with Crippen LogP contribution in [0.3, 0.4) is 0 Å². The van der Waals surface area contributed by atoms with E-state index in [1.807, 2.05) is 0 Å². The topological polar surface area (TPSA) is 79.8 Å². The molecule has 0 fully saturated rings. The first kappa shape index (κ1) is 22.3. The van der Waals surface area contributed by atoms with Crippen LogP contribution in [0.15, 0.2) is 71.8 Å². The van der Waals surface area contributed by atoms with Crippen LogP contribution in [0, 0.1) is 0 Å². The van der Waals surface area contributed by atoms with Gasteiger partial charge in [-0.2, -0.15) is 5.10 Å². The van der Waals surface area contributed by atoms with Gasteiger partial charge in [-0.3, -0.25) is 9.59 Å². The van der Waals surface area contributed by atoms with Gasteiger partial charge in [-0.05, 0) is 55.0 Å². The highest BCUT2D eigenvalue weighted by Crippen LogP contribution is 2.22. The number of nitrogens with zero attached hydrogens (tertiary/aromatic N) is 1. The van der Waals surface area contributed by atoms with Crippen molar-refractivity contribution < 1.29 is 14.3 Å². The molecule has 2 amide bonds. The van der Waals surface area contributed by atoms with Gasteiger partial charge in [0.15, 0.2) is 0 Å². The van der Waals surface area contributed by atoms with Gasteiger partial charge in [0.1, 0.15) is 5.75 Å². The Balaban J connectivity index is 1.66. The summed E-state index contributed by atoms with van der Waals surface area (Å²) >= 11 is 11.9. The number of amides is 2. The van der Waals surface area contributed by atoms with Gasteiger partial charge in [-0.25, -0.2) is 5.43 Å². The van der Waals surface area contributed by atoms with Gasteiger partial charge in [0.25, 0.3) is 11.8 Å². The third-order valence-corrected chi connectivity index (χ3v) is 4.96. The first-order valence-corrected chi connectivity index (χ1v) is 9.99. The number of para-hydroxylation sites is 1. The molecule has 0 unspecified atom stereocenters. The van der Waals surface area contributed by atoms with Crippen molar-refractivity contribution in [2.45, 2.75) is 6.92 Å². The summed E-state index contributed by atoms with van der Waals surface area (Å²) in [4.78, 5) is 24.8. The first-order chi connectivity index (χ1) is 14.9. The molecule has 0 spiro atoms. The summed E-state index contributed by atoms with van der Waals surface area (Å²) in [6, 6.07) is 18.6. The standard InChI is InChI=1S/C23H19Cl2N3O3/c1-14(27-28-23(30)19-5-3-4-6-21(19)31-2)15-7-10-17(11-8-15)26-22(29)18-12-9-16(24)13-20(18)25/h3-13H,1-2H3,(H,26,29)(H,28,30)/b27-14+. The molecule has 0 heterocycles. The number of methoxy groups -OCH3 is 1. The highest BCUT2D eigenvalue weighted by molar-refractivity contribution is 6.37. The second-order valence-corrected chi connectivity index (χ2v) is 7.34. The van der Waals surface area contributed by atoms with Crippen LogP contribution >= 0.6 is 23.2 Å². The Hall–Kier alpha value is -3.35. The van der Waals surface area contributed by atoms with Crippen molar-refractivity contribution >= 4 is 46.4 Å². The van der Waals surface area contributed by atoms with Crippen LogP contribution in [-0.4, -0.2) is 24.6 Å². The number of anilines is 1. The van der Waals surface area contributed by atoms with Crippen molar-refractivity contribution in [3.05, 3.63) is 93.5 Å². The Morgan fingerprint density at radius 3 is 2.29 bits per heavy atom. The van der Waals surface area contributed by atoms with E-state index in [0.717, 1.165) is 5.56 Å². The maximum Gasteiger partial charge on any atom is 0.275 e. The van der Waals surface area contributed by atoms with Crippen molar-refractivity contribution in [1.82, 2.24) is 5.43 Å². The van der Waals surface area contributed by atoms with Crippen molar-refractivity contribution in [1.29, 1.82) is 0 Å². The summed E-state index contributed by atoms with van der Waals surface area (Å²) in [6.07, 6.45) is 0. The van der Waals surface area contributed by atoms with E-state index in [0.29, 0.717) is 33.3 Å². The van der Waals surface area contributed by atoms with E-state index in [9.17, 15) is 9.59 Å². The molecule has 3 aromatic rings. The molecule has 0 atom stereocenters. The minimum Gasteiger partial charge on any atom is -0.496 e. The van der Waals surface area contributed by atoms with Crippen molar-refractivity contribution in [3.8, 4) is 5.75 Å². The van der Waals surface area contributed by atoms with E-state index in [-0.39, 0.29) is 16.8 Å². The third kappa shape index (κ3) is 5.63. The fourth-order valence-corrected chi connectivity index (χ4v) is 3.25.